The Kier molecular flexibility index (Phi) is 14.9. The van der Waals surface area contributed by atoms with Crippen molar-refractivity contribution < 1.29 is 38.5 Å². The van der Waals surface area contributed by atoms with Crippen LogP contribution < -0.4 is 10.6 Å². The molecule has 0 saturated carbocycles. The summed E-state index contributed by atoms with van der Waals surface area (Å²) in [6.07, 6.45) is 10.5. The van der Waals surface area contributed by atoms with Crippen molar-refractivity contribution in [3.63, 3.8) is 0 Å². The second-order valence-electron chi connectivity index (χ2n) is 12.1. The molecule has 3 N–H and O–H groups in total. The zero-order valence-corrected chi connectivity index (χ0v) is 27.7. The maximum Gasteiger partial charge on any atom is 0.338 e. The Bertz CT molecular complexity index is 1230. The van der Waals surface area contributed by atoms with E-state index in [1.165, 1.54) is 11.0 Å². The largest absolute Gasteiger partial charge is 0.456 e. The predicted molar refractivity (Wildman–Crippen MR) is 175 cm³/mol. The lowest BCUT2D eigenvalue weighted by atomic mass is 9.91. The van der Waals surface area contributed by atoms with E-state index in [2.05, 4.69) is 24.5 Å². The highest BCUT2D eigenvalue weighted by Gasteiger charge is 2.52. The summed E-state index contributed by atoms with van der Waals surface area (Å²) >= 11 is 0. The minimum absolute atomic E-state index is 0.0615. The molecule has 3 unspecified atom stereocenters. The Morgan fingerprint density at radius 2 is 1.74 bits per heavy atom. The number of amides is 3. The van der Waals surface area contributed by atoms with Crippen LogP contribution in [0.3, 0.4) is 0 Å². The SMILES string of the molecule is CCCCCC1(CCCCC)OC2C=C(C(=O)NCCC(=O)NCCO)CC(OC(=O)c3cccc(C=CC(=O)N(C)C)c3)C2O1. The van der Waals surface area contributed by atoms with Crippen molar-refractivity contribution in [1.82, 2.24) is 15.5 Å². The smallest absolute Gasteiger partial charge is 0.338 e. The van der Waals surface area contributed by atoms with Gasteiger partial charge >= 0.3 is 5.97 Å². The van der Waals surface area contributed by atoms with Gasteiger partial charge in [-0.1, -0.05) is 51.7 Å². The molecule has 1 heterocycles. The van der Waals surface area contributed by atoms with Crippen LogP contribution in [0.15, 0.2) is 42.0 Å². The van der Waals surface area contributed by atoms with Gasteiger partial charge in [0, 0.05) is 64.5 Å². The summed E-state index contributed by atoms with van der Waals surface area (Å²) in [4.78, 5) is 52.1. The molecule has 46 heavy (non-hydrogen) atoms. The number of aliphatic hydroxyl groups excluding tert-OH is 1. The highest BCUT2D eigenvalue weighted by atomic mass is 16.8. The van der Waals surface area contributed by atoms with E-state index in [0.717, 1.165) is 38.5 Å². The average molecular weight is 642 g/mol. The first-order chi connectivity index (χ1) is 22.1. The van der Waals surface area contributed by atoms with Crippen molar-refractivity contribution in [2.45, 2.75) is 102 Å². The van der Waals surface area contributed by atoms with Gasteiger partial charge in [-0.15, -0.1) is 0 Å². The Morgan fingerprint density at radius 3 is 2.39 bits per heavy atom. The lowest BCUT2D eigenvalue weighted by molar-refractivity contribution is -0.190. The fourth-order valence-corrected chi connectivity index (χ4v) is 5.58. The number of carbonyl (C=O) groups is 4. The molecule has 3 rings (SSSR count). The van der Waals surface area contributed by atoms with Crippen LogP contribution in [0.4, 0.5) is 0 Å². The third-order valence-electron chi connectivity index (χ3n) is 8.10. The van der Waals surface area contributed by atoms with Gasteiger partial charge in [-0.2, -0.15) is 0 Å². The molecule has 11 nitrogen and oxygen atoms in total. The lowest BCUT2D eigenvalue weighted by Gasteiger charge is -2.31. The summed E-state index contributed by atoms with van der Waals surface area (Å²) in [7, 11) is 3.32. The number of ether oxygens (including phenoxy) is 3. The summed E-state index contributed by atoms with van der Waals surface area (Å²) in [5.74, 6) is -2.23. The van der Waals surface area contributed by atoms with Gasteiger partial charge in [0.15, 0.2) is 5.79 Å². The molecule has 2 aliphatic rings. The Labute approximate surface area is 272 Å². The van der Waals surface area contributed by atoms with Crippen LogP contribution in [0.1, 0.15) is 94.0 Å². The fourth-order valence-electron chi connectivity index (χ4n) is 5.58. The van der Waals surface area contributed by atoms with E-state index >= 15 is 0 Å². The van der Waals surface area contributed by atoms with Crippen molar-refractivity contribution >= 4 is 29.8 Å². The first-order valence-electron chi connectivity index (χ1n) is 16.5. The standard InChI is InChI=1S/C35H51N3O8/c1-5-7-9-17-35(18-10-8-6-2)45-29-24-27(33(42)37-19-16-30(40)36-20-21-39)23-28(32(29)46-35)44-34(43)26-13-11-12-25(22-26)14-15-31(41)38(3)4/h11-15,22,24,28-29,32,39H,5-10,16-21,23H2,1-4H3,(H,36,40)(H,37,42). The van der Waals surface area contributed by atoms with Gasteiger partial charge in [-0.05, 0) is 42.7 Å². The van der Waals surface area contributed by atoms with Crippen LogP contribution in [-0.2, 0) is 28.6 Å². The van der Waals surface area contributed by atoms with Crippen molar-refractivity contribution in [1.29, 1.82) is 0 Å². The third-order valence-corrected chi connectivity index (χ3v) is 8.10. The van der Waals surface area contributed by atoms with Crippen molar-refractivity contribution in [2.75, 3.05) is 33.8 Å². The number of fused-ring (bicyclic) bond motifs is 1. The van der Waals surface area contributed by atoms with Crippen LogP contribution in [0, 0.1) is 0 Å². The van der Waals surface area contributed by atoms with Gasteiger partial charge < -0.3 is 34.9 Å². The molecule has 254 valence electrons. The highest BCUT2D eigenvalue weighted by molar-refractivity contribution is 5.95. The quantitative estimate of drug-likeness (QED) is 0.124. The van der Waals surface area contributed by atoms with Gasteiger partial charge in [0.1, 0.15) is 18.3 Å². The van der Waals surface area contributed by atoms with E-state index in [1.807, 2.05) is 0 Å². The molecular weight excluding hydrogens is 590 g/mol. The van der Waals surface area contributed by atoms with E-state index in [-0.39, 0.29) is 50.3 Å². The molecule has 0 radical (unpaired) electrons. The molecule has 1 aromatic rings. The first-order valence-corrected chi connectivity index (χ1v) is 16.5. The second kappa shape index (κ2) is 18.6. The number of unbranched alkanes of at least 4 members (excludes halogenated alkanes) is 4. The zero-order chi connectivity index (χ0) is 33.5. The molecule has 1 aliphatic carbocycles. The van der Waals surface area contributed by atoms with Gasteiger partial charge in [0.25, 0.3) is 0 Å². The van der Waals surface area contributed by atoms with E-state index in [0.29, 0.717) is 29.5 Å². The summed E-state index contributed by atoms with van der Waals surface area (Å²) in [6, 6.07) is 6.80. The molecular formula is C35H51N3O8. The fraction of sp³-hybridized carbons (Fsp3) is 0.600. The normalized spacial score (nSPS) is 20.1. The van der Waals surface area contributed by atoms with Crippen LogP contribution in [0.5, 0.6) is 0 Å². The molecule has 1 aromatic carbocycles. The number of likely N-dealkylation sites (N-methyl/N-ethyl adjacent to an activating group) is 1. The van der Waals surface area contributed by atoms with E-state index in [9.17, 15) is 19.2 Å². The third kappa shape index (κ3) is 11.1. The second-order valence-corrected chi connectivity index (χ2v) is 12.1. The highest BCUT2D eigenvalue weighted by Crippen LogP contribution is 2.43. The molecule has 3 atom stereocenters. The van der Waals surface area contributed by atoms with Gasteiger partial charge in [0.05, 0.1) is 12.2 Å². The van der Waals surface area contributed by atoms with Gasteiger partial charge in [-0.25, -0.2) is 4.79 Å². The van der Waals surface area contributed by atoms with E-state index in [4.69, 9.17) is 19.3 Å². The molecule has 0 spiro atoms. The number of carbonyl (C=O) groups excluding carboxylic acids is 4. The Balaban J connectivity index is 1.82. The van der Waals surface area contributed by atoms with Crippen LogP contribution >= 0.6 is 0 Å². The van der Waals surface area contributed by atoms with Crippen LogP contribution in [-0.4, -0.2) is 91.6 Å². The molecule has 0 bridgehead atoms. The Hall–Kier alpha value is -3.54. The summed E-state index contributed by atoms with van der Waals surface area (Å²) in [5, 5.41) is 14.2. The number of aliphatic hydroxyl groups is 1. The Morgan fingerprint density at radius 1 is 1.02 bits per heavy atom. The maximum atomic E-state index is 13.5. The average Bonchev–Trinajstić information content (AvgIpc) is 3.41. The molecule has 1 fully saturated rings. The maximum absolute atomic E-state index is 13.5. The topological polar surface area (TPSA) is 144 Å². The number of benzene rings is 1. The van der Waals surface area contributed by atoms with E-state index in [1.54, 1.807) is 50.5 Å². The summed E-state index contributed by atoms with van der Waals surface area (Å²) in [5.41, 5.74) is 1.37. The van der Waals surface area contributed by atoms with Crippen molar-refractivity contribution in [3.05, 3.63) is 53.1 Å². The number of hydrogen-bond acceptors (Lipinski definition) is 8. The first kappa shape index (κ1) is 36.9. The molecule has 11 heteroatoms. The number of hydrogen-bond donors (Lipinski definition) is 3. The van der Waals surface area contributed by atoms with E-state index < -0.39 is 30.1 Å². The van der Waals surface area contributed by atoms with Crippen molar-refractivity contribution in [2.24, 2.45) is 0 Å². The number of nitrogens with one attached hydrogen (secondary N) is 2. The zero-order valence-electron chi connectivity index (χ0n) is 27.7. The van der Waals surface area contributed by atoms with Gasteiger partial charge in [-0.3, -0.25) is 14.4 Å². The van der Waals surface area contributed by atoms with Gasteiger partial charge in [0.2, 0.25) is 17.7 Å². The minimum atomic E-state index is -0.832. The molecule has 1 saturated heterocycles. The number of esters is 1. The van der Waals surface area contributed by atoms with Crippen LogP contribution in [0.25, 0.3) is 6.08 Å². The number of nitrogens with zero attached hydrogens (tertiary/aromatic N) is 1. The van der Waals surface area contributed by atoms with Crippen molar-refractivity contribution in [3.8, 4) is 0 Å². The minimum Gasteiger partial charge on any atom is -0.456 e. The monoisotopic (exact) mass is 641 g/mol. The molecule has 1 aliphatic heterocycles. The van der Waals surface area contributed by atoms with Crippen LogP contribution in [0.2, 0.25) is 0 Å². The predicted octanol–water partition coefficient (Wildman–Crippen LogP) is 3.90. The summed E-state index contributed by atoms with van der Waals surface area (Å²) in [6.45, 7) is 4.38. The molecule has 0 aromatic heterocycles. The summed E-state index contributed by atoms with van der Waals surface area (Å²) < 4.78 is 19.4. The lowest BCUT2D eigenvalue weighted by Crippen LogP contribution is -2.44. The number of rotatable bonds is 18. The molecule has 3 amide bonds.